The van der Waals surface area contributed by atoms with Crippen LogP contribution in [0.1, 0.15) is 29.8 Å². The van der Waals surface area contributed by atoms with Gasteiger partial charge in [0.2, 0.25) is 5.91 Å². The lowest BCUT2D eigenvalue weighted by Gasteiger charge is -2.32. The molecule has 1 aliphatic carbocycles. The fourth-order valence-corrected chi connectivity index (χ4v) is 4.36. The first-order chi connectivity index (χ1) is 11.3. The molecule has 0 spiro atoms. The molecule has 0 bridgehead atoms. The van der Waals surface area contributed by atoms with Gasteiger partial charge in [-0.3, -0.25) is 9.78 Å². The minimum Gasteiger partial charge on any atom is -0.355 e. The number of nitrogens with zero attached hydrogens (tertiary/aromatic N) is 4. The second kappa shape index (κ2) is 6.23. The third-order valence-corrected chi connectivity index (χ3v) is 5.56. The van der Waals surface area contributed by atoms with Gasteiger partial charge in [-0.2, -0.15) is 0 Å². The van der Waals surface area contributed by atoms with Crippen LogP contribution in [0, 0.1) is 5.92 Å². The molecule has 23 heavy (non-hydrogen) atoms. The number of carbonyl (C=O) groups is 1. The van der Waals surface area contributed by atoms with Crippen LogP contribution in [0.5, 0.6) is 0 Å². The molecule has 2 aromatic rings. The topological polar surface area (TPSA) is 71.0 Å². The SMILES string of the molecule is O=C(Nc1nc2c(s1)CCC2)[C@H]1CCCN(c2cnccn2)C1. The van der Waals surface area contributed by atoms with E-state index >= 15 is 0 Å². The molecule has 0 saturated carbocycles. The predicted molar refractivity (Wildman–Crippen MR) is 89.7 cm³/mol. The van der Waals surface area contributed by atoms with Crippen molar-refractivity contribution in [3.63, 3.8) is 0 Å². The number of amides is 1. The van der Waals surface area contributed by atoms with Gasteiger partial charge in [-0.1, -0.05) is 0 Å². The van der Waals surface area contributed by atoms with Crippen molar-refractivity contribution in [2.45, 2.75) is 32.1 Å². The van der Waals surface area contributed by atoms with Gasteiger partial charge in [0, 0.05) is 30.4 Å². The maximum Gasteiger partial charge on any atom is 0.231 e. The third-order valence-electron chi connectivity index (χ3n) is 4.49. The van der Waals surface area contributed by atoms with E-state index in [4.69, 9.17) is 0 Å². The highest BCUT2D eigenvalue weighted by molar-refractivity contribution is 7.15. The van der Waals surface area contributed by atoms with E-state index < -0.39 is 0 Å². The number of rotatable bonds is 3. The van der Waals surface area contributed by atoms with E-state index in [-0.39, 0.29) is 11.8 Å². The van der Waals surface area contributed by atoms with E-state index in [2.05, 4.69) is 25.2 Å². The molecule has 1 aliphatic heterocycles. The molecule has 0 aromatic carbocycles. The number of thiazole rings is 1. The van der Waals surface area contributed by atoms with E-state index in [1.807, 2.05) is 0 Å². The molecule has 2 aromatic heterocycles. The van der Waals surface area contributed by atoms with Gasteiger partial charge in [-0.25, -0.2) is 9.97 Å². The van der Waals surface area contributed by atoms with E-state index in [1.54, 1.807) is 29.9 Å². The maximum atomic E-state index is 12.6. The average Bonchev–Trinajstić information content (AvgIpc) is 3.17. The van der Waals surface area contributed by atoms with Crippen molar-refractivity contribution < 1.29 is 4.79 Å². The summed E-state index contributed by atoms with van der Waals surface area (Å²) in [4.78, 5) is 29.0. The van der Waals surface area contributed by atoms with Crippen molar-refractivity contribution in [1.29, 1.82) is 0 Å². The molecule has 1 fully saturated rings. The van der Waals surface area contributed by atoms with Crippen molar-refractivity contribution in [3.05, 3.63) is 29.2 Å². The van der Waals surface area contributed by atoms with Gasteiger partial charge in [-0.05, 0) is 32.1 Å². The molecule has 7 heteroatoms. The number of carbonyl (C=O) groups excluding carboxylic acids is 1. The van der Waals surface area contributed by atoms with Crippen LogP contribution >= 0.6 is 11.3 Å². The van der Waals surface area contributed by atoms with Crippen LogP contribution in [0.15, 0.2) is 18.6 Å². The van der Waals surface area contributed by atoms with Crippen molar-refractivity contribution in [1.82, 2.24) is 15.0 Å². The second-order valence-electron chi connectivity index (χ2n) is 6.08. The summed E-state index contributed by atoms with van der Waals surface area (Å²) >= 11 is 1.63. The normalized spacial score (nSPS) is 20.3. The molecule has 1 atom stereocenters. The van der Waals surface area contributed by atoms with E-state index in [0.717, 1.165) is 43.2 Å². The Morgan fingerprint density at radius 3 is 3.09 bits per heavy atom. The Morgan fingerprint density at radius 1 is 1.30 bits per heavy atom. The van der Waals surface area contributed by atoms with Gasteiger partial charge >= 0.3 is 0 Å². The Labute approximate surface area is 139 Å². The first-order valence-corrected chi connectivity index (χ1v) is 8.91. The zero-order valence-electron chi connectivity index (χ0n) is 12.9. The first-order valence-electron chi connectivity index (χ1n) is 8.10. The molecule has 2 aliphatic rings. The number of hydrogen-bond donors (Lipinski definition) is 1. The van der Waals surface area contributed by atoms with Crippen LogP contribution in [-0.4, -0.2) is 33.9 Å². The highest BCUT2D eigenvalue weighted by atomic mass is 32.1. The average molecular weight is 329 g/mol. The molecule has 1 N–H and O–H groups in total. The molecule has 1 amide bonds. The van der Waals surface area contributed by atoms with Gasteiger partial charge in [0.25, 0.3) is 0 Å². The van der Waals surface area contributed by atoms with Crippen LogP contribution in [0.4, 0.5) is 10.9 Å². The summed E-state index contributed by atoms with van der Waals surface area (Å²) < 4.78 is 0. The molecular weight excluding hydrogens is 310 g/mol. The van der Waals surface area contributed by atoms with Crippen molar-refractivity contribution in [3.8, 4) is 0 Å². The molecule has 3 heterocycles. The quantitative estimate of drug-likeness (QED) is 0.935. The fraction of sp³-hybridized carbons (Fsp3) is 0.500. The van der Waals surface area contributed by atoms with Crippen LogP contribution < -0.4 is 10.2 Å². The third kappa shape index (κ3) is 3.06. The van der Waals surface area contributed by atoms with Crippen LogP contribution in [0.3, 0.4) is 0 Å². The van der Waals surface area contributed by atoms with Gasteiger partial charge in [0.15, 0.2) is 5.13 Å². The van der Waals surface area contributed by atoms with E-state index in [1.165, 1.54) is 17.0 Å². The number of anilines is 2. The molecule has 120 valence electrons. The van der Waals surface area contributed by atoms with Gasteiger partial charge in [0.1, 0.15) is 5.82 Å². The molecule has 6 nitrogen and oxygen atoms in total. The monoisotopic (exact) mass is 329 g/mol. The Hall–Kier alpha value is -2.02. The Balaban J connectivity index is 1.41. The Kier molecular flexibility index (Phi) is 3.95. The highest BCUT2D eigenvalue weighted by Gasteiger charge is 2.27. The molecule has 0 radical (unpaired) electrons. The minimum atomic E-state index is -0.0236. The molecule has 4 rings (SSSR count). The van der Waals surface area contributed by atoms with Gasteiger partial charge in [0.05, 0.1) is 17.8 Å². The summed E-state index contributed by atoms with van der Waals surface area (Å²) in [7, 11) is 0. The molecular formula is C16H19N5OS. The number of aromatic nitrogens is 3. The Bertz CT molecular complexity index is 680. The lowest BCUT2D eigenvalue weighted by molar-refractivity contribution is -0.120. The Morgan fingerprint density at radius 2 is 2.26 bits per heavy atom. The number of hydrogen-bond acceptors (Lipinski definition) is 6. The van der Waals surface area contributed by atoms with Crippen LogP contribution in [0.2, 0.25) is 0 Å². The smallest absolute Gasteiger partial charge is 0.231 e. The van der Waals surface area contributed by atoms with Gasteiger partial charge in [-0.15, -0.1) is 11.3 Å². The fourth-order valence-electron chi connectivity index (χ4n) is 3.31. The van der Waals surface area contributed by atoms with E-state index in [9.17, 15) is 4.79 Å². The largest absolute Gasteiger partial charge is 0.355 e. The lowest BCUT2D eigenvalue weighted by Crippen LogP contribution is -2.41. The van der Waals surface area contributed by atoms with Crippen molar-refractivity contribution >= 4 is 28.2 Å². The summed E-state index contributed by atoms with van der Waals surface area (Å²) in [5.74, 6) is 0.897. The van der Waals surface area contributed by atoms with Crippen LogP contribution in [0.25, 0.3) is 0 Å². The van der Waals surface area contributed by atoms with Crippen LogP contribution in [-0.2, 0) is 17.6 Å². The summed E-state index contributed by atoms with van der Waals surface area (Å²) in [5, 5.41) is 3.78. The molecule has 0 unspecified atom stereocenters. The van der Waals surface area contributed by atoms with E-state index in [0.29, 0.717) is 6.54 Å². The van der Waals surface area contributed by atoms with Gasteiger partial charge < -0.3 is 10.2 Å². The maximum absolute atomic E-state index is 12.6. The standard InChI is InChI=1S/C16H19N5OS/c22-15(20-16-19-12-4-1-5-13(12)23-16)11-3-2-8-21(10-11)14-9-17-6-7-18-14/h6-7,9,11H,1-5,8,10H2,(H,19,20,22)/t11-/m0/s1. The minimum absolute atomic E-state index is 0.0236. The summed E-state index contributed by atoms with van der Waals surface area (Å²) in [6.07, 6.45) is 10.4. The summed E-state index contributed by atoms with van der Waals surface area (Å²) in [5.41, 5.74) is 1.18. The number of aryl methyl sites for hydroxylation is 2. The number of fused-ring (bicyclic) bond motifs is 1. The lowest BCUT2D eigenvalue weighted by atomic mass is 9.97. The first kappa shape index (κ1) is 14.6. The predicted octanol–water partition coefficient (Wildman–Crippen LogP) is 2.28. The summed E-state index contributed by atoms with van der Waals surface area (Å²) in [6, 6.07) is 0. The van der Waals surface area contributed by atoms with Crippen molar-refractivity contribution in [2.75, 3.05) is 23.3 Å². The zero-order chi connectivity index (χ0) is 15.6. The van der Waals surface area contributed by atoms with Crippen molar-refractivity contribution in [2.24, 2.45) is 5.92 Å². The summed E-state index contributed by atoms with van der Waals surface area (Å²) in [6.45, 7) is 1.61. The molecule has 1 saturated heterocycles. The zero-order valence-corrected chi connectivity index (χ0v) is 13.7. The highest BCUT2D eigenvalue weighted by Crippen LogP contribution is 2.31. The number of nitrogens with one attached hydrogen (secondary N) is 1. The number of piperidine rings is 1. The second-order valence-corrected chi connectivity index (χ2v) is 7.16.